The fourth-order valence-corrected chi connectivity index (χ4v) is 2.84. The van der Waals surface area contributed by atoms with Gasteiger partial charge in [0, 0.05) is 17.4 Å². The molecule has 0 spiro atoms. The van der Waals surface area contributed by atoms with Gasteiger partial charge in [-0.1, -0.05) is 42.5 Å². The van der Waals surface area contributed by atoms with Crippen LogP contribution in [0, 0.1) is 0 Å². The number of nitrogens with one attached hydrogen (secondary N) is 2. The van der Waals surface area contributed by atoms with E-state index in [9.17, 15) is 9.59 Å². The van der Waals surface area contributed by atoms with E-state index in [4.69, 9.17) is 10.5 Å². The molecular formula is C23H25N5O3. The number of hydrogen-bond donors (Lipinski definition) is 3. The van der Waals surface area contributed by atoms with Crippen LogP contribution in [-0.2, 0) is 9.53 Å². The molecule has 1 heterocycles. The van der Waals surface area contributed by atoms with E-state index >= 15 is 0 Å². The maximum atomic E-state index is 13.0. The number of nitrogens with two attached hydrogens (primary N) is 1. The first kappa shape index (κ1) is 21.8. The number of anilines is 2. The molecule has 0 radical (unpaired) electrons. The summed E-state index contributed by atoms with van der Waals surface area (Å²) in [6.07, 6.45) is 0.911. The number of carbonyl (C=O) groups excluding carboxylic acids is 2. The molecule has 2 aromatic carbocycles. The van der Waals surface area contributed by atoms with Gasteiger partial charge in [0.15, 0.2) is 0 Å². The lowest BCUT2D eigenvalue weighted by atomic mass is 10.1. The SMILES string of the molecule is CC(C)(C)OC(=O)N[C@@H](C(=O)Nc1ccc(-c2ccnc(N)n2)cc1)c1ccccc1. The van der Waals surface area contributed by atoms with Crippen LogP contribution in [0.15, 0.2) is 66.9 Å². The van der Waals surface area contributed by atoms with E-state index in [-0.39, 0.29) is 5.95 Å². The normalized spacial score (nSPS) is 12.0. The molecule has 2 amide bonds. The molecule has 0 saturated heterocycles. The molecule has 0 fully saturated rings. The number of aromatic nitrogens is 2. The highest BCUT2D eigenvalue weighted by atomic mass is 16.6. The van der Waals surface area contributed by atoms with Crippen molar-refractivity contribution in [3.05, 3.63) is 72.4 Å². The van der Waals surface area contributed by atoms with Crippen LogP contribution in [0.1, 0.15) is 32.4 Å². The van der Waals surface area contributed by atoms with E-state index in [1.807, 2.05) is 18.2 Å². The lowest BCUT2D eigenvalue weighted by Crippen LogP contribution is -2.40. The zero-order valence-corrected chi connectivity index (χ0v) is 17.6. The molecule has 0 aliphatic rings. The van der Waals surface area contributed by atoms with Gasteiger partial charge in [-0.3, -0.25) is 4.79 Å². The summed E-state index contributed by atoms with van der Waals surface area (Å²) < 4.78 is 5.31. The van der Waals surface area contributed by atoms with E-state index in [0.29, 0.717) is 16.9 Å². The van der Waals surface area contributed by atoms with Gasteiger partial charge in [-0.25, -0.2) is 14.8 Å². The van der Waals surface area contributed by atoms with Crippen molar-refractivity contribution in [1.29, 1.82) is 0 Å². The molecule has 160 valence electrons. The van der Waals surface area contributed by atoms with Crippen LogP contribution in [0.5, 0.6) is 0 Å². The first-order valence-electron chi connectivity index (χ1n) is 9.75. The third-order valence-corrected chi connectivity index (χ3v) is 4.18. The number of alkyl carbamates (subject to hydrolysis) is 1. The van der Waals surface area contributed by atoms with Crippen molar-refractivity contribution in [1.82, 2.24) is 15.3 Å². The minimum atomic E-state index is -0.919. The summed E-state index contributed by atoms with van der Waals surface area (Å²) in [7, 11) is 0. The minimum Gasteiger partial charge on any atom is -0.444 e. The van der Waals surface area contributed by atoms with Gasteiger partial charge in [-0.05, 0) is 44.5 Å². The number of hydrogen-bond acceptors (Lipinski definition) is 6. The van der Waals surface area contributed by atoms with Gasteiger partial charge in [0.05, 0.1) is 5.69 Å². The number of nitrogens with zero attached hydrogens (tertiary/aromatic N) is 2. The lowest BCUT2D eigenvalue weighted by Gasteiger charge is -2.23. The Morgan fingerprint density at radius 2 is 1.68 bits per heavy atom. The minimum absolute atomic E-state index is 0.189. The van der Waals surface area contributed by atoms with E-state index in [2.05, 4.69) is 20.6 Å². The number of benzene rings is 2. The highest BCUT2D eigenvalue weighted by molar-refractivity contribution is 5.97. The summed E-state index contributed by atoms with van der Waals surface area (Å²) in [5.74, 6) is -0.204. The second kappa shape index (κ2) is 9.25. The molecule has 8 heteroatoms. The standard InChI is InChI=1S/C23H25N5O3/c1-23(2,3)31-22(30)28-19(16-7-5-4-6-8-16)20(29)26-17-11-9-15(10-12-17)18-13-14-25-21(24)27-18/h4-14,19H,1-3H3,(H,26,29)(H,28,30)(H2,24,25,27)/t19-/m1/s1. The van der Waals surface area contributed by atoms with Crippen LogP contribution in [0.25, 0.3) is 11.3 Å². The molecule has 3 rings (SSSR count). The van der Waals surface area contributed by atoms with Crippen molar-refractivity contribution in [3.8, 4) is 11.3 Å². The molecule has 0 aliphatic carbocycles. The van der Waals surface area contributed by atoms with Gasteiger partial charge < -0.3 is 21.1 Å². The average molecular weight is 419 g/mol. The first-order chi connectivity index (χ1) is 14.7. The van der Waals surface area contributed by atoms with E-state index in [1.165, 1.54) is 0 Å². The van der Waals surface area contributed by atoms with E-state index < -0.39 is 23.6 Å². The first-order valence-corrected chi connectivity index (χ1v) is 9.75. The second-order valence-corrected chi connectivity index (χ2v) is 7.86. The Hall–Kier alpha value is -3.94. The molecule has 0 aliphatic heterocycles. The van der Waals surface area contributed by atoms with Gasteiger partial charge >= 0.3 is 6.09 Å². The average Bonchev–Trinajstić information content (AvgIpc) is 2.72. The zero-order valence-electron chi connectivity index (χ0n) is 17.6. The second-order valence-electron chi connectivity index (χ2n) is 7.86. The monoisotopic (exact) mass is 419 g/mol. The number of carbonyl (C=O) groups is 2. The molecule has 0 bridgehead atoms. The summed E-state index contributed by atoms with van der Waals surface area (Å²) in [6, 6.07) is 16.9. The topological polar surface area (TPSA) is 119 Å². The highest BCUT2D eigenvalue weighted by Crippen LogP contribution is 2.22. The van der Waals surface area contributed by atoms with Crippen LogP contribution in [0.4, 0.5) is 16.4 Å². The van der Waals surface area contributed by atoms with Crippen LogP contribution in [0.2, 0.25) is 0 Å². The molecule has 4 N–H and O–H groups in total. The van der Waals surface area contributed by atoms with Crippen molar-refractivity contribution < 1.29 is 14.3 Å². The van der Waals surface area contributed by atoms with E-state index in [0.717, 1.165) is 5.56 Å². The summed E-state index contributed by atoms with van der Waals surface area (Å²) in [5, 5.41) is 5.48. The van der Waals surface area contributed by atoms with Crippen LogP contribution in [0.3, 0.4) is 0 Å². The van der Waals surface area contributed by atoms with Crippen LogP contribution < -0.4 is 16.4 Å². The molecule has 8 nitrogen and oxygen atoms in total. The Labute approximate surface area is 180 Å². The summed E-state index contributed by atoms with van der Waals surface area (Å²) >= 11 is 0. The third-order valence-electron chi connectivity index (χ3n) is 4.18. The van der Waals surface area contributed by atoms with Crippen molar-refractivity contribution in [2.45, 2.75) is 32.4 Å². The van der Waals surface area contributed by atoms with E-state index in [1.54, 1.807) is 69.4 Å². The Morgan fingerprint density at radius 1 is 1.00 bits per heavy atom. The zero-order chi connectivity index (χ0) is 22.4. The summed E-state index contributed by atoms with van der Waals surface area (Å²) in [5.41, 5.74) is 7.68. The van der Waals surface area contributed by atoms with Crippen molar-refractivity contribution in [2.24, 2.45) is 0 Å². The van der Waals surface area contributed by atoms with Gasteiger partial charge in [-0.15, -0.1) is 0 Å². The fraction of sp³-hybridized carbons (Fsp3) is 0.217. The van der Waals surface area contributed by atoms with Gasteiger partial charge in [0.2, 0.25) is 5.95 Å². The number of rotatable bonds is 5. The largest absolute Gasteiger partial charge is 0.444 e. The van der Waals surface area contributed by atoms with Gasteiger partial charge in [0.25, 0.3) is 5.91 Å². The van der Waals surface area contributed by atoms with Crippen LogP contribution in [-0.4, -0.2) is 27.6 Å². The predicted molar refractivity (Wildman–Crippen MR) is 119 cm³/mol. The molecule has 31 heavy (non-hydrogen) atoms. The lowest BCUT2D eigenvalue weighted by molar-refractivity contribution is -0.118. The number of ether oxygens (including phenoxy) is 1. The summed E-state index contributed by atoms with van der Waals surface area (Å²) in [4.78, 5) is 33.4. The molecule has 1 aromatic heterocycles. The van der Waals surface area contributed by atoms with Crippen LogP contribution >= 0.6 is 0 Å². The Bertz CT molecular complexity index is 1050. The smallest absolute Gasteiger partial charge is 0.408 e. The van der Waals surface area contributed by atoms with Gasteiger partial charge in [-0.2, -0.15) is 0 Å². The Kier molecular flexibility index (Phi) is 6.49. The van der Waals surface area contributed by atoms with Crippen molar-refractivity contribution >= 4 is 23.6 Å². The fourth-order valence-electron chi connectivity index (χ4n) is 2.84. The maximum Gasteiger partial charge on any atom is 0.408 e. The van der Waals surface area contributed by atoms with Crippen molar-refractivity contribution in [2.75, 3.05) is 11.1 Å². The highest BCUT2D eigenvalue weighted by Gasteiger charge is 2.26. The number of amides is 2. The molecule has 0 saturated carbocycles. The molecular weight excluding hydrogens is 394 g/mol. The molecule has 3 aromatic rings. The Morgan fingerprint density at radius 3 is 2.29 bits per heavy atom. The van der Waals surface area contributed by atoms with Gasteiger partial charge in [0.1, 0.15) is 11.6 Å². The molecule has 1 atom stereocenters. The maximum absolute atomic E-state index is 13.0. The number of nitrogen functional groups attached to an aromatic ring is 1. The van der Waals surface area contributed by atoms with Crippen molar-refractivity contribution in [3.63, 3.8) is 0 Å². The predicted octanol–water partition coefficient (Wildman–Crippen LogP) is 3.93. The molecule has 0 unspecified atom stereocenters. The quantitative estimate of drug-likeness (QED) is 0.576. The summed E-state index contributed by atoms with van der Waals surface area (Å²) in [6.45, 7) is 5.28. The Balaban J connectivity index is 1.76. The third kappa shape index (κ3) is 6.27.